The van der Waals surface area contributed by atoms with Crippen molar-refractivity contribution in [3.8, 4) is 11.6 Å². The zero-order valence-electron chi connectivity index (χ0n) is 13.0. The minimum Gasteiger partial charge on any atom is -0.438 e. The summed E-state index contributed by atoms with van der Waals surface area (Å²) in [6, 6.07) is 6.00. The van der Waals surface area contributed by atoms with E-state index in [2.05, 4.69) is 15.5 Å². The molecule has 0 aliphatic rings. The van der Waals surface area contributed by atoms with E-state index in [1.807, 2.05) is 0 Å². The average molecular weight is 377 g/mol. The van der Waals surface area contributed by atoms with Gasteiger partial charge in [0.25, 0.3) is 0 Å². The number of ether oxygens (including phenoxy) is 1. The topological polar surface area (TPSA) is 76.6 Å². The first kappa shape index (κ1) is 18.7. The molecule has 0 saturated heterocycles. The van der Waals surface area contributed by atoms with Crippen LogP contribution in [0.5, 0.6) is 11.6 Å². The smallest absolute Gasteiger partial charge is 0.419 e. The van der Waals surface area contributed by atoms with E-state index in [-0.39, 0.29) is 11.6 Å². The maximum Gasteiger partial charge on any atom is 0.419 e. The summed E-state index contributed by atoms with van der Waals surface area (Å²) >= 11 is 5.39. The van der Waals surface area contributed by atoms with Gasteiger partial charge in [-0.25, -0.2) is 9.86 Å². The van der Waals surface area contributed by atoms with Gasteiger partial charge in [-0.1, -0.05) is 11.6 Å². The highest BCUT2D eigenvalue weighted by atomic mass is 35.5. The van der Waals surface area contributed by atoms with Gasteiger partial charge in [-0.2, -0.15) is 13.2 Å². The molecule has 0 fully saturated rings. The predicted molar refractivity (Wildman–Crippen MR) is 82.4 cm³/mol. The van der Waals surface area contributed by atoms with Crippen LogP contribution in [-0.4, -0.2) is 35.4 Å². The van der Waals surface area contributed by atoms with Gasteiger partial charge in [0.1, 0.15) is 11.3 Å². The first-order chi connectivity index (χ1) is 11.7. The van der Waals surface area contributed by atoms with Crippen molar-refractivity contribution in [1.82, 2.24) is 15.3 Å². The summed E-state index contributed by atoms with van der Waals surface area (Å²) in [5.41, 5.74) is -0.718. The Morgan fingerprint density at radius 1 is 1.24 bits per heavy atom. The zero-order valence-corrected chi connectivity index (χ0v) is 13.7. The van der Waals surface area contributed by atoms with E-state index >= 15 is 0 Å². The molecule has 1 aromatic carbocycles. The van der Waals surface area contributed by atoms with Crippen LogP contribution < -0.4 is 10.1 Å². The molecule has 0 unspecified atom stereocenters. The SMILES string of the molecule is CON(C)C(=O)Nc1ccc(Oc2cc(C(F)(F)F)c(Cl)nn2)cc1. The maximum absolute atomic E-state index is 12.8. The molecular formula is C14H12ClF3N4O3. The molecular weight excluding hydrogens is 365 g/mol. The van der Waals surface area contributed by atoms with E-state index in [4.69, 9.17) is 21.2 Å². The van der Waals surface area contributed by atoms with Gasteiger partial charge in [0.2, 0.25) is 5.88 Å². The van der Waals surface area contributed by atoms with Gasteiger partial charge >= 0.3 is 12.2 Å². The molecule has 0 radical (unpaired) electrons. The second kappa shape index (κ2) is 7.53. The Hall–Kier alpha value is -2.59. The molecule has 1 N–H and O–H groups in total. The molecule has 11 heteroatoms. The second-order valence-corrected chi connectivity index (χ2v) is 4.98. The number of halogens is 4. The molecule has 0 atom stereocenters. The number of benzene rings is 1. The third kappa shape index (κ3) is 4.94. The number of rotatable bonds is 4. The molecule has 0 bridgehead atoms. The monoisotopic (exact) mass is 376 g/mol. The van der Waals surface area contributed by atoms with E-state index in [0.29, 0.717) is 11.8 Å². The van der Waals surface area contributed by atoms with Gasteiger partial charge in [0.15, 0.2) is 5.15 Å². The number of carbonyl (C=O) groups is 1. The molecule has 2 rings (SSSR count). The van der Waals surface area contributed by atoms with Crippen LogP contribution >= 0.6 is 11.6 Å². The third-order valence-corrected chi connectivity index (χ3v) is 3.20. The van der Waals surface area contributed by atoms with E-state index in [9.17, 15) is 18.0 Å². The number of nitrogens with one attached hydrogen (secondary N) is 1. The fourth-order valence-corrected chi connectivity index (χ4v) is 1.82. The van der Waals surface area contributed by atoms with E-state index < -0.39 is 22.9 Å². The highest BCUT2D eigenvalue weighted by Gasteiger charge is 2.35. The number of anilines is 1. The van der Waals surface area contributed by atoms with Crippen LogP contribution in [0, 0.1) is 0 Å². The molecule has 2 aromatic rings. The Labute approximate surface area is 145 Å². The van der Waals surface area contributed by atoms with Crippen molar-refractivity contribution >= 4 is 23.3 Å². The van der Waals surface area contributed by atoms with Crippen LogP contribution in [0.25, 0.3) is 0 Å². The summed E-state index contributed by atoms with van der Waals surface area (Å²) in [5, 5.41) is 9.42. The molecule has 1 aromatic heterocycles. The largest absolute Gasteiger partial charge is 0.438 e. The molecule has 1 heterocycles. The summed E-state index contributed by atoms with van der Waals surface area (Å²) in [6.07, 6.45) is -4.67. The lowest BCUT2D eigenvalue weighted by Gasteiger charge is -2.14. The number of hydrogen-bond donors (Lipinski definition) is 1. The molecule has 0 aliphatic heterocycles. The second-order valence-electron chi connectivity index (χ2n) is 4.62. The summed E-state index contributed by atoms with van der Waals surface area (Å²) in [7, 11) is 2.75. The fraction of sp³-hybridized carbons (Fsp3) is 0.214. The van der Waals surface area contributed by atoms with Gasteiger partial charge in [-0.3, -0.25) is 4.84 Å². The maximum atomic E-state index is 12.8. The van der Waals surface area contributed by atoms with Crippen molar-refractivity contribution in [2.45, 2.75) is 6.18 Å². The number of amides is 2. The number of hydrogen-bond acceptors (Lipinski definition) is 5. The number of carbonyl (C=O) groups excluding carboxylic acids is 1. The Morgan fingerprint density at radius 3 is 2.44 bits per heavy atom. The number of nitrogens with zero attached hydrogens (tertiary/aromatic N) is 3. The van der Waals surface area contributed by atoms with Crippen molar-refractivity contribution in [2.24, 2.45) is 0 Å². The molecule has 134 valence electrons. The summed E-state index contributed by atoms with van der Waals surface area (Å²) in [5.74, 6) is -0.171. The van der Waals surface area contributed by atoms with Gasteiger partial charge in [-0.05, 0) is 24.3 Å². The van der Waals surface area contributed by atoms with E-state index in [1.165, 1.54) is 38.4 Å². The molecule has 25 heavy (non-hydrogen) atoms. The first-order valence-corrected chi connectivity index (χ1v) is 7.05. The molecule has 0 aliphatic carbocycles. The number of alkyl halides is 3. The Bertz CT molecular complexity index is 756. The molecule has 7 nitrogen and oxygen atoms in total. The lowest BCUT2D eigenvalue weighted by molar-refractivity contribution is -0.137. The van der Waals surface area contributed by atoms with Crippen molar-refractivity contribution < 1.29 is 27.5 Å². The van der Waals surface area contributed by atoms with E-state index in [0.717, 1.165) is 5.06 Å². The van der Waals surface area contributed by atoms with Crippen LogP contribution in [0.1, 0.15) is 5.56 Å². The molecule has 0 spiro atoms. The quantitative estimate of drug-likeness (QED) is 0.817. The van der Waals surface area contributed by atoms with Gasteiger partial charge in [0.05, 0.1) is 7.11 Å². The Balaban J connectivity index is 2.10. The van der Waals surface area contributed by atoms with Crippen molar-refractivity contribution in [3.05, 3.63) is 41.0 Å². The van der Waals surface area contributed by atoms with Crippen molar-refractivity contribution in [1.29, 1.82) is 0 Å². The standard InChI is InChI=1S/C14H12ClF3N4O3/c1-22(24-2)13(23)19-8-3-5-9(6-4-8)25-11-7-10(14(16,17)18)12(15)21-20-11/h3-7H,1-2H3,(H,19,23). The van der Waals surface area contributed by atoms with Gasteiger partial charge in [-0.15, -0.1) is 10.2 Å². The zero-order chi connectivity index (χ0) is 18.6. The fourth-order valence-electron chi connectivity index (χ4n) is 1.62. The van der Waals surface area contributed by atoms with Crippen LogP contribution in [0.15, 0.2) is 30.3 Å². The minimum absolute atomic E-state index is 0.197. The summed E-state index contributed by atoms with van der Waals surface area (Å²) in [6.45, 7) is 0. The third-order valence-electron chi connectivity index (χ3n) is 2.92. The van der Waals surface area contributed by atoms with Crippen LogP contribution in [0.3, 0.4) is 0 Å². The predicted octanol–water partition coefficient (Wildman–Crippen LogP) is 3.97. The number of hydroxylamine groups is 2. The van der Waals surface area contributed by atoms with E-state index in [1.54, 1.807) is 0 Å². The van der Waals surface area contributed by atoms with Crippen molar-refractivity contribution in [3.63, 3.8) is 0 Å². The lowest BCUT2D eigenvalue weighted by Crippen LogP contribution is -2.30. The minimum atomic E-state index is -4.67. The van der Waals surface area contributed by atoms with Crippen molar-refractivity contribution in [2.75, 3.05) is 19.5 Å². The molecule has 0 saturated carbocycles. The van der Waals surface area contributed by atoms with Gasteiger partial charge < -0.3 is 10.1 Å². The first-order valence-electron chi connectivity index (χ1n) is 6.68. The van der Waals surface area contributed by atoms with Crippen LogP contribution in [0.2, 0.25) is 5.15 Å². The average Bonchev–Trinajstić information content (AvgIpc) is 2.56. The van der Waals surface area contributed by atoms with Gasteiger partial charge in [0, 0.05) is 18.8 Å². The normalized spacial score (nSPS) is 11.1. The number of urea groups is 1. The van der Waals surface area contributed by atoms with Crippen LogP contribution in [-0.2, 0) is 11.0 Å². The lowest BCUT2D eigenvalue weighted by atomic mass is 10.3. The Kier molecular flexibility index (Phi) is 5.65. The number of aromatic nitrogens is 2. The van der Waals surface area contributed by atoms with Crippen LogP contribution in [0.4, 0.5) is 23.7 Å². The molecule has 2 amide bonds. The highest BCUT2D eigenvalue weighted by molar-refractivity contribution is 6.30. The summed E-state index contributed by atoms with van der Waals surface area (Å²) in [4.78, 5) is 16.3. The highest BCUT2D eigenvalue weighted by Crippen LogP contribution is 2.35. The Morgan fingerprint density at radius 2 is 1.88 bits per heavy atom. The summed E-state index contributed by atoms with van der Waals surface area (Å²) < 4.78 is 43.5.